The maximum absolute atomic E-state index is 5.67. The molecule has 3 heteroatoms. The van der Waals surface area contributed by atoms with Crippen LogP contribution >= 0.6 is 15.9 Å². The summed E-state index contributed by atoms with van der Waals surface area (Å²) < 4.78 is 1.10. The molecule has 0 fully saturated rings. The molecule has 0 aromatic heterocycles. The van der Waals surface area contributed by atoms with Crippen molar-refractivity contribution in [3.8, 4) is 0 Å². The first-order valence-corrected chi connectivity index (χ1v) is 5.23. The van der Waals surface area contributed by atoms with Gasteiger partial charge in [0.05, 0.1) is 0 Å². The highest BCUT2D eigenvalue weighted by molar-refractivity contribution is 9.10. The fourth-order valence-electron chi connectivity index (χ4n) is 1.38. The van der Waals surface area contributed by atoms with Crippen molar-refractivity contribution in [3.05, 3.63) is 34.3 Å². The molecule has 2 nitrogen and oxygen atoms in total. The van der Waals surface area contributed by atoms with Gasteiger partial charge >= 0.3 is 0 Å². The van der Waals surface area contributed by atoms with Crippen molar-refractivity contribution in [3.63, 3.8) is 0 Å². The molecule has 1 aromatic rings. The number of rotatable bonds is 4. The standard InChI is InChI=1S/C10H15BrN2/c11-10-3-1-2-8(6-10)9(7-13)4-5-12/h1-3,6,9H,4-5,7,12-13H2. The van der Waals surface area contributed by atoms with Gasteiger partial charge in [-0.15, -0.1) is 0 Å². The van der Waals surface area contributed by atoms with Crippen LogP contribution in [-0.2, 0) is 0 Å². The Balaban J connectivity index is 2.78. The molecule has 4 N–H and O–H groups in total. The molecule has 13 heavy (non-hydrogen) atoms. The van der Waals surface area contributed by atoms with E-state index in [1.807, 2.05) is 12.1 Å². The van der Waals surface area contributed by atoms with Crippen LogP contribution in [0.1, 0.15) is 17.9 Å². The largest absolute Gasteiger partial charge is 0.330 e. The van der Waals surface area contributed by atoms with Gasteiger partial charge in [0.2, 0.25) is 0 Å². The van der Waals surface area contributed by atoms with E-state index in [1.54, 1.807) is 0 Å². The van der Waals surface area contributed by atoms with Gasteiger partial charge in [-0.25, -0.2) is 0 Å². The molecule has 0 saturated heterocycles. The van der Waals surface area contributed by atoms with Gasteiger partial charge in [0, 0.05) is 4.47 Å². The van der Waals surface area contributed by atoms with Gasteiger partial charge in [-0.3, -0.25) is 0 Å². The number of benzene rings is 1. The Labute approximate surface area is 87.4 Å². The van der Waals surface area contributed by atoms with Gasteiger partial charge in [0.25, 0.3) is 0 Å². The van der Waals surface area contributed by atoms with Gasteiger partial charge in [-0.2, -0.15) is 0 Å². The molecular weight excluding hydrogens is 228 g/mol. The van der Waals surface area contributed by atoms with Crippen LogP contribution in [-0.4, -0.2) is 13.1 Å². The lowest BCUT2D eigenvalue weighted by Crippen LogP contribution is -2.16. The van der Waals surface area contributed by atoms with Crippen molar-refractivity contribution >= 4 is 15.9 Å². The Morgan fingerprint density at radius 3 is 2.62 bits per heavy atom. The van der Waals surface area contributed by atoms with E-state index in [4.69, 9.17) is 11.5 Å². The summed E-state index contributed by atoms with van der Waals surface area (Å²) in [7, 11) is 0. The predicted molar refractivity (Wildman–Crippen MR) is 59.6 cm³/mol. The Bertz CT molecular complexity index is 263. The lowest BCUT2D eigenvalue weighted by Gasteiger charge is -2.13. The number of nitrogens with two attached hydrogens (primary N) is 2. The zero-order valence-corrected chi connectivity index (χ0v) is 9.13. The van der Waals surface area contributed by atoms with Crippen LogP contribution in [0.3, 0.4) is 0 Å². The lowest BCUT2D eigenvalue weighted by molar-refractivity contribution is 0.642. The Morgan fingerprint density at radius 1 is 1.31 bits per heavy atom. The molecule has 0 amide bonds. The third-order valence-electron chi connectivity index (χ3n) is 2.12. The summed E-state index contributed by atoms with van der Waals surface area (Å²) in [5.41, 5.74) is 12.4. The molecular formula is C10H15BrN2. The van der Waals surface area contributed by atoms with E-state index >= 15 is 0 Å². The monoisotopic (exact) mass is 242 g/mol. The molecule has 0 saturated carbocycles. The molecule has 1 atom stereocenters. The number of hydrogen-bond acceptors (Lipinski definition) is 2. The fraction of sp³-hybridized carbons (Fsp3) is 0.400. The zero-order chi connectivity index (χ0) is 9.68. The van der Waals surface area contributed by atoms with Crippen molar-refractivity contribution < 1.29 is 0 Å². The highest BCUT2D eigenvalue weighted by Crippen LogP contribution is 2.21. The first kappa shape index (κ1) is 10.7. The van der Waals surface area contributed by atoms with Crippen LogP contribution in [0.15, 0.2) is 28.7 Å². The molecule has 72 valence electrons. The molecule has 0 bridgehead atoms. The first-order valence-electron chi connectivity index (χ1n) is 4.43. The van der Waals surface area contributed by atoms with E-state index in [0.29, 0.717) is 19.0 Å². The van der Waals surface area contributed by atoms with E-state index in [-0.39, 0.29) is 0 Å². The molecule has 1 rings (SSSR count). The topological polar surface area (TPSA) is 52.0 Å². The molecule has 0 spiro atoms. The van der Waals surface area contributed by atoms with Gasteiger partial charge in [-0.1, -0.05) is 28.1 Å². The molecule has 0 aliphatic heterocycles. The van der Waals surface area contributed by atoms with Crippen LogP contribution in [0.5, 0.6) is 0 Å². The van der Waals surface area contributed by atoms with Gasteiger partial charge < -0.3 is 11.5 Å². The highest BCUT2D eigenvalue weighted by atomic mass is 79.9. The SMILES string of the molecule is NCCC(CN)c1cccc(Br)c1. The summed E-state index contributed by atoms with van der Waals surface area (Å²) in [6, 6.07) is 8.24. The van der Waals surface area contributed by atoms with Gasteiger partial charge in [0.15, 0.2) is 0 Å². The van der Waals surface area contributed by atoms with E-state index in [9.17, 15) is 0 Å². The maximum atomic E-state index is 5.67. The van der Waals surface area contributed by atoms with E-state index < -0.39 is 0 Å². The van der Waals surface area contributed by atoms with Crippen molar-refractivity contribution in [1.29, 1.82) is 0 Å². The Morgan fingerprint density at radius 2 is 2.08 bits per heavy atom. The van der Waals surface area contributed by atoms with Crippen LogP contribution in [0.25, 0.3) is 0 Å². The van der Waals surface area contributed by atoms with Crippen LogP contribution in [0.4, 0.5) is 0 Å². The second kappa shape index (κ2) is 5.37. The average molecular weight is 243 g/mol. The molecule has 0 heterocycles. The smallest absolute Gasteiger partial charge is 0.0178 e. The molecule has 0 radical (unpaired) electrons. The van der Waals surface area contributed by atoms with E-state index in [0.717, 1.165) is 10.9 Å². The quantitative estimate of drug-likeness (QED) is 0.847. The lowest BCUT2D eigenvalue weighted by atomic mass is 9.96. The van der Waals surface area contributed by atoms with Crippen molar-refractivity contribution in [2.75, 3.05) is 13.1 Å². The summed E-state index contributed by atoms with van der Waals surface area (Å²) in [5, 5.41) is 0. The zero-order valence-electron chi connectivity index (χ0n) is 7.54. The highest BCUT2D eigenvalue weighted by Gasteiger charge is 2.08. The van der Waals surface area contributed by atoms with E-state index in [1.165, 1.54) is 5.56 Å². The third kappa shape index (κ3) is 3.10. The minimum absolute atomic E-state index is 0.391. The van der Waals surface area contributed by atoms with Gasteiger partial charge in [-0.05, 0) is 43.1 Å². The van der Waals surface area contributed by atoms with Crippen molar-refractivity contribution in [2.45, 2.75) is 12.3 Å². The normalized spacial score (nSPS) is 12.8. The Hall–Kier alpha value is -0.380. The predicted octanol–water partition coefficient (Wildman–Crippen LogP) is 1.84. The second-order valence-electron chi connectivity index (χ2n) is 3.06. The summed E-state index contributed by atoms with van der Waals surface area (Å²) >= 11 is 3.44. The minimum atomic E-state index is 0.391. The van der Waals surface area contributed by atoms with Crippen molar-refractivity contribution in [2.24, 2.45) is 11.5 Å². The summed E-state index contributed by atoms with van der Waals surface area (Å²) in [5.74, 6) is 0.391. The third-order valence-corrected chi connectivity index (χ3v) is 2.61. The molecule has 1 unspecified atom stereocenters. The summed E-state index contributed by atoms with van der Waals surface area (Å²) in [6.45, 7) is 1.35. The molecule has 0 aliphatic rings. The summed E-state index contributed by atoms with van der Waals surface area (Å²) in [6.07, 6.45) is 0.951. The number of hydrogen-bond donors (Lipinski definition) is 2. The van der Waals surface area contributed by atoms with Crippen LogP contribution in [0.2, 0.25) is 0 Å². The summed E-state index contributed by atoms with van der Waals surface area (Å²) in [4.78, 5) is 0. The average Bonchev–Trinajstić information content (AvgIpc) is 2.14. The van der Waals surface area contributed by atoms with Gasteiger partial charge in [0.1, 0.15) is 0 Å². The fourth-order valence-corrected chi connectivity index (χ4v) is 1.80. The van der Waals surface area contributed by atoms with Crippen LogP contribution in [0, 0.1) is 0 Å². The molecule has 1 aromatic carbocycles. The number of halogens is 1. The minimum Gasteiger partial charge on any atom is -0.330 e. The Kier molecular flexibility index (Phi) is 4.42. The molecule has 0 aliphatic carbocycles. The van der Waals surface area contributed by atoms with Crippen LogP contribution < -0.4 is 11.5 Å². The first-order chi connectivity index (χ1) is 6.27. The maximum Gasteiger partial charge on any atom is 0.0178 e. The van der Waals surface area contributed by atoms with Crippen molar-refractivity contribution in [1.82, 2.24) is 0 Å². The van der Waals surface area contributed by atoms with E-state index in [2.05, 4.69) is 28.1 Å². The second-order valence-corrected chi connectivity index (χ2v) is 3.98.